The molecule has 1 saturated heterocycles. The molecule has 1 aromatic carbocycles. The van der Waals surface area contributed by atoms with E-state index in [1.807, 2.05) is 42.9 Å². The fourth-order valence-electron chi connectivity index (χ4n) is 4.20. The third kappa shape index (κ3) is 8.42. The van der Waals surface area contributed by atoms with Crippen LogP contribution in [0.3, 0.4) is 0 Å². The Morgan fingerprint density at radius 1 is 0.905 bits per heavy atom. The Morgan fingerprint density at radius 2 is 1.50 bits per heavy atom. The van der Waals surface area contributed by atoms with Crippen LogP contribution >= 0.6 is 0 Å². The standard InChI is InChI=1S/C24H29N7O.C4H6O6/c1-18-5-4-8-26-23(18)30-9-11-31(12-10-30)24-27-15-21(16-28-24)20-7-3-6-19(13-20)17-29(2)22(32)14-25;5-1(3(7)8)2(6)4(9)10/h3-8,13,15-16H,9-12,14,17,25H2,1-2H3;1-2,5-6H,(H,7,8)(H,9,10)/t;1-,2-/m.1/s1. The van der Waals surface area contributed by atoms with E-state index < -0.39 is 24.1 Å². The van der Waals surface area contributed by atoms with Crippen molar-refractivity contribution in [1.82, 2.24) is 19.9 Å². The Kier molecular flexibility index (Phi) is 11.2. The number of hydrogen-bond acceptors (Lipinski definition) is 11. The van der Waals surface area contributed by atoms with Crippen molar-refractivity contribution >= 4 is 29.6 Å². The molecule has 3 aromatic rings. The molecule has 0 radical (unpaired) electrons. The third-order valence-electron chi connectivity index (χ3n) is 6.57. The molecule has 3 heterocycles. The number of aliphatic carboxylic acids is 2. The van der Waals surface area contributed by atoms with E-state index >= 15 is 0 Å². The number of aliphatic hydroxyl groups excluding tert-OH is 2. The quantitative estimate of drug-likeness (QED) is 0.225. The summed E-state index contributed by atoms with van der Waals surface area (Å²) in [5.41, 5.74) is 9.66. The van der Waals surface area contributed by atoms with Gasteiger partial charge in [-0.25, -0.2) is 24.5 Å². The van der Waals surface area contributed by atoms with Gasteiger partial charge < -0.3 is 40.9 Å². The summed E-state index contributed by atoms with van der Waals surface area (Å²) in [6.45, 7) is 6.11. The monoisotopic (exact) mass is 581 g/mol. The maximum absolute atomic E-state index is 11.7. The maximum Gasteiger partial charge on any atom is 0.335 e. The summed E-state index contributed by atoms with van der Waals surface area (Å²) in [5.74, 6) is -1.82. The maximum atomic E-state index is 11.7. The lowest BCUT2D eigenvalue weighted by Gasteiger charge is -2.36. The van der Waals surface area contributed by atoms with Crippen molar-refractivity contribution in [3.05, 3.63) is 66.1 Å². The minimum absolute atomic E-state index is 0.0151. The smallest absolute Gasteiger partial charge is 0.335 e. The Balaban J connectivity index is 0.000000416. The second-order valence-electron chi connectivity index (χ2n) is 9.61. The van der Waals surface area contributed by atoms with E-state index in [0.717, 1.165) is 54.6 Å². The molecule has 14 nitrogen and oxygen atoms in total. The SMILES string of the molecule is Cc1cccnc1N1CCN(c2ncc(-c3cccc(CN(C)C(=O)CN)c3)cn2)CC1.O=C(O)[C@H](O)[C@@H](O)C(=O)O. The lowest BCUT2D eigenvalue weighted by molar-refractivity contribution is -0.165. The highest BCUT2D eigenvalue weighted by atomic mass is 16.4. The zero-order chi connectivity index (χ0) is 30.8. The van der Waals surface area contributed by atoms with Gasteiger partial charge in [-0.3, -0.25) is 4.79 Å². The van der Waals surface area contributed by atoms with Crippen LogP contribution in [-0.2, 0) is 20.9 Å². The van der Waals surface area contributed by atoms with Gasteiger partial charge in [0.25, 0.3) is 0 Å². The van der Waals surface area contributed by atoms with Crippen LogP contribution in [0.15, 0.2) is 55.0 Å². The molecule has 0 spiro atoms. The molecule has 42 heavy (non-hydrogen) atoms. The predicted octanol–water partition coefficient (Wildman–Crippen LogP) is -0.0319. The first-order valence-electron chi connectivity index (χ1n) is 13.1. The van der Waals surface area contributed by atoms with Gasteiger partial charge in [-0.2, -0.15) is 0 Å². The van der Waals surface area contributed by atoms with Gasteiger partial charge in [-0.1, -0.05) is 24.3 Å². The van der Waals surface area contributed by atoms with Crippen molar-refractivity contribution < 1.29 is 34.8 Å². The van der Waals surface area contributed by atoms with Crippen LogP contribution in [-0.4, -0.2) is 110 Å². The summed E-state index contributed by atoms with van der Waals surface area (Å²) in [4.78, 5) is 51.2. The number of aryl methyl sites for hydroxylation is 1. The van der Waals surface area contributed by atoms with Gasteiger partial charge in [0.2, 0.25) is 11.9 Å². The molecule has 0 unspecified atom stereocenters. The van der Waals surface area contributed by atoms with Crippen LogP contribution in [0.25, 0.3) is 11.1 Å². The van der Waals surface area contributed by atoms with Crippen LogP contribution in [0.5, 0.6) is 0 Å². The van der Waals surface area contributed by atoms with Gasteiger partial charge in [0, 0.05) is 63.9 Å². The Labute approximate surface area is 242 Å². The Morgan fingerprint density at radius 3 is 2.05 bits per heavy atom. The topological polar surface area (TPSA) is 207 Å². The molecule has 2 aromatic heterocycles. The number of aliphatic hydroxyl groups is 2. The third-order valence-corrected chi connectivity index (χ3v) is 6.57. The van der Waals surface area contributed by atoms with Crippen LogP contribution < -0.4 is 15.5 Å². The second-order valence-corrected chi connectivity index (χ2v) is 9.61. The number of benzene rings is 1. The van der Waals surface area contributed by atoms with Gasteiger partial charge in [-0.15, -0.1) is 0 Å². The fourth-order valence-corrected chi connectivity index (χ4v) is 4.20. The van der Waals surface area contributed by atoms with E-state index in [2.05, 4.69) is 43.8 Å². The number of piperazine rings is 1. The fraction of sp³-hybridized carbons (Fsp3) is 0.357. The average molecular weight is 582 g/mol. The van der Waals surface area contributed by atoms with E-state index in [4.69, 9.17) is 26.2 Å². The van der Waals surface area contributed by atoms with Crippen LogP contribution in [0, 0.1) is 6.92 Å². The number of anilines is 2. The highest BCUT2D eigenvalue weighted by Gasteiger charge is 2.29. The summed E-state index contributed by atoms with van der Waals surface area (Å²) in [5, 5.41) is 32.5. The van der Waals surface area contributed by atoms with Crippen LogP contribution in [0.2, 0.25) is 0 Å². The molecule has 0 saturated carbocycles. The summed E-state index contributed by atoms with van der Waals surface area (Å²) in [6.07, 6.45) is 1.05. The Hall–Kier alpha value is -4.66. The van der Waals surface area contributed by atoms with Gasteiger partial charge in [-0.05, 0) is 35.7 Å². The van der Waals surface area contributed by atoms with Crippen molar-refractivity contribution in [2.24, 2.45) is 5.73 Å². The largest absolute Gasteiger partial charge is 0.479 e. The number of carbonyl (C=O) groups is 3. The molecular formula is C28H35N7O7. The molecule has 4 rings (SSSR count). The number of likely N-dealkylation sites (N-methyl/N-ethyl adjacent to an activating group) is 1. The molecule has 1 amide bonds. The molecule has 224 valence electrons. The molecule has 6 N–H and O–H groups in total. The minimum Gasteiger partial charge on any atom is -0.479 e. The lowest BCUT2D eigenvalue weighted by Crippen LogP contribution is -2.47. The number of rotatable bonds is 9. The average Bonchev–Trinajstić information content (AvgIpc) is 3.00. The van der Waals surface area contributed by atoms with Crippen molar-refractivity contribution in [2.45, 2.75) is 25.7 Å². The van der Waals surface area contributed by atoms with Crippen molar-refractivity contribution in [1.29, 1.82) is 0 Å². The number of nitrogens with zero attached hydrogens (tertiary/aromatic N) is 6. The zero-order valence-electron chi connectivity index (χ0n) is 23.4. The summed E-state index contributed by atoms with van der Waals surface area (Å²) < 4.78 is 0. The number of nitrogens with two attached hydrogens (primary N) is 1. The summed E-state index contributed by atoms with van der Waals surface area (Å²) >= 11 is 0. The molecule has 2 atom stereocenters. The van der Waals surface area contributed by atoms with Gasteiger partial charge >= 0.3 is 11.9 Å². The minimum atomic E-state index is -2.27. The normalized spacial score (nSPS) is 14.3. The molecule has 14 heteroatoms. The number of pyridine rings is 1. The van der Waals surface area contributed by atoms with Crippen molar-refractivity contribution in [3.8, 4) is 11.1 Å². The summed E-state index contributed by atoms with van der Waals surface area (Å²) in [6, 6.07) is 12.1. The van der Waals surface area contributed by atoms with Crippen molar-refractivity contribution in [3.63, 3.8) is 0 Å². The second kappa shape index (κ2) is 14.8. The van der Waals surface area contributed by atoms with Crippen LogP contribution in [0.1, 0.15) is 11.1 Å². The molecule has 1 aliphatic rings. The first-order valence-corrected chi connectivity index (χ1v) is 13.1. The van der Waals surface area contributed by atoms with E-state index in [1.54, 1.807) is 11.9 Å². The van der Waals surface area contributed by atoms with Gasteiger partial charge in [0.15, 0.2) is 12.2 Å². The number of carboxylic acid groups (broad SMARTS) is 2. The molecular weight excluding hydrogens is 546 g/mol. The predicted molar refractivity (Wildman–Crippen MR) is 154 cm³/mol. The first kappa shape index (κ1) is 31.9. The molecule has 0 bridgehead atoms. The van der Waals surface area contributed by atoms with Crippen molar-refractivity contribution in [2.75, 3.05) is 49.6 Å². The van der Waals surface area contributed by atoms with Gasteiger partial charge in [0.05, 0.1) is 6.54 Å². The highest BCUT2D eigenvalue weighted by Crippen LogP contribution is 2.23. The van der Waals surface area contributed by atoms with E-state index in [-0.39, 0.29) is 12.5 Å². The zero-order valence-corrected chi connectivity index (χ0v) is 23.4. The number of hydrogen-bond donors (Lipinski definition) is 5. The number of carbonyl (C=O) groups excluding carboxylic acids is 1. The summed E-state index contributed by atoms with van der Waals surface area (Å²) in [7, 11) is 1.76. The highest BCUT2D eigenvalue weighted by molar-refractivity contribution is 5.83. The lowest BCUT2D eigenvalue weighted by atomic mass is 10.1. The molecule has 1 fully saturated rings. The van der Waals surface area contributed by atoms with E-state index in [9.17, 15) is 14.4 Å². The van der Waals surface area contributed by atoms with E-state index in [1.165, 1.54) is 5.56 Å². The molecule has 0 aliphatic carbocycles. The number of aromatic nitrogens is 3. The van der Waals surface area contributed by atoms with E-state index in [0.29, 0.717) is 6.54 Å². The van der Waals surface area contributed by atoms with Crippen LogP contribution in [0.4, 0.5) is 11.8 Å². The first-order chi connectivity index (χ1) is 20.0. The number of carboxylic acids is 2. The molecule has 1 aliphatic heterocycles. The number of amides is 1. The van der Waals surface area contributed by atoms with Gasteiger partial charge in [0.1, 0.15) is 5.82 Å². The Bertz CT molecular complexity index is 1350.